The van der Waals surface area contributed by atoms with E-state index in [1.165, 1.54) is 12.1 Å². The minimum Gasteiger partial charge on any atom is -0.377 e. The molecule has 4 rings (SSSR count). The number of sulfone groups is 1. The zero-order valence-electron chi connectivity index (χ0n) is 15.5. The van der Waals surface area contributed by atoms with Crippen molar-refractivity contribution in [2.75, 3.05) is 11.9 Å². The van der Waals surface area contributed by atoms with E-state index in [0.29, 0.717) is 31.6 Å². The first kappa shape index (κ1) is 21.1. The van der Waals surface area contributed by atoms with Gasteiger partial charge in [-0.1, -0.05) is 11.6 Å². The Labute approximate surface area is 176 Å². The molecule has 2 aliphatic rings. The molecule has 1 aliphatic carbocycles. The smallest absolute Gasteiger partial charge is 0.255 e. The van der Waals surface area contributed by atoms with Gasteiger partial charge in [0.1, 0.15) is 0 Å². The number of ether oxygens (including phenoxy) is 1. The largest absolute Gasteiger partial charge is 0.377 e. The summed E-state index contributed by atoms with van der Waals surface area (Å²) in [5.74, 6) is -5.43. The Balaban J connectivity index is 1.64. The molecule has 160 valence electrons. The van der Waals surface area contributed by atoms with Gasteiger partial charge in [0, 0.05) is 30.0 Å². The molecule has 1 aliphatic heterocycles. The number of rotatable bonds is 4. The van der Waals surface area contributed by atoms with Crippen LogP contribution >= 0.6 is 11.6 Å². The molecule has 30 heavy (non-hydrogen) atoms. The summed E-state index contributed by atoms with van der Waals surface area (Å²) in [6.45, 7) is 0.516. The Morgan fingerprint density at radius 3 is 2.43 bits per heavy atom. The van der Waals surface area contributed by atoms with Crippen LogP contribution in [0.15, 0.2) is 35.2 Å². The molecule has 3 atom stereocenters. The topological polar surface area (TPSA) is 72.5 Å². The molecular formula is C20H17ClF3NO4S. The number of anilines is 1. The Kier molecular flexibility index (Phi) is 5.54. The molecule has 1 amide bonds. The van der Waals surface area contributed by atoms with Crippen molar-refractivity contribution in [2.45, 2.75) is 35.5 Å². The van der Waals surface area contributed by atoms with Gasteiger partial charge in [0.2, 0.25) is 0 Å². The maximum absolute atomic E-state index is 13.4. The highest BCUT2D eigenvalue weighted by Gasteiger charge is 2.48. The van der Waals surface area contributed by atoms with Crippen molar-refractivity contribution in [1.82, 2.24) is 0 Å². The number of fused-ring (bicyclic) bond motifs is 2. The van der Waals surface area contributed by atoms with E-state index in [4.69, 9.17) is 16.3 Å². The monoisotopic (exact) mass is 459 g/mol. The third-order valence-electron chi connectivity index (χ3n) is 5.57. The highest BCUT2D eigenvalue weighted by atomic mass is 35.5. The van der Waals surface area contributed by atoms with Gasteiger partial charge in [-0.3, -0.25) is 4.79 Å². The summed E-state index contributed by atoms with van der Waals surface area (Å²) in [5, 5.41) is 1.46. The summed E-state index contributed by atoms with van der Waals surface area (Å²) >= 11 is 6.15. The van der Waals surface area contributed by atoms with E-state index in [9.17, 15) is 26.4 Å². The lowest BCUT2D eigenvalue weighted by atomic mass is 10.0. The summed E-state index contributed by atoms with van der Waals surface area (Å²) in [4.78, 5) is 12.3. The summed E-state index contributed by atoms with van der Waals surface area (Å²) < 4.78 is 72.0. The third-order valence-corrected chi connectivity index (χ3v) is 8.37. The second kappa shape index (κ2) is 7.86. The molecule has 2 aromatic carbocycles. The number of hydrogen-bond donors (Lipinski definition) is 1. The fraction of sp³-hybridized carbons (Fsp3) is 0.350. The van der Waals surface area contributed by atoms with Gasteiger partial charge in [-0.15, -0.1) is 0 Å². The van der Waals surface area contributed by atoms with Crippen LogP contribution < -0.4 is 5.32 Å². The maximum atomic E-state index is 13.4. The van der Waals surface area contributed by atoms with Gasteiger partial charge in [-0.05, 0) is 43.4 Å². The first-order chi connectivity index (χ1) is 14.2. The molecule has 1 saturated carbocycles. The number of halogens is 4. The van der Waals surface area contributed by atoms with Gasteiger partial charge in [-0.25, -0.2) is 21.6 Å². The number of carbonyl (C=O) groups is 1. The lowest BCUT2D eigenvalue weighted by Gasteiger charge is -2.30. The Bertz CT molecular complexity index is 1090. The quantitative estimate of drug-likeness (QED) is 0.690. The Hall–Kier alpha value is -2.10. The van der Waals surface area contributed by atoms with Crippen LogP contribution in [-0.4, -0.2) is 32.3 Å². The zero-order valence-corrected chi connectivity index (χ0v) is 17.1. The standard InChI is InChI=1S/C20H17ClF3NO4S/c21-13-3-1-11(20(26)25-12-8-14(22)18(24)15(23)9-12)7-17(13)30(27,28)19-10-2-4-16(19)29-6-5-10/h1,3,7-10,16,19H,2,4-6H2,(H,25,26)/t10?,16?,19-/m1/s1. The predicted octanol–water partition coefficient (Wildman–Crippen LogP) is 4.35. The number of benzene rings is 2. The molecule has 1 N–H and O–H groups in total. The molecule has 2 fully saturated rings. The SMILES string of the molecule is O=C(Nc1cc(F)c(F)c(F)c1)c1ccc(Cl)c(S(=O)(=O)[C@@H]2C3CCOC2CC3)c1. The van der Waals surface area contributed by atoms with Crippen LogP contribution in [0.5, 0.6) is 0 Å². The van der Waals surface area contributed by atoms with Crippen molar-refractivity contribution in [3.8, 4) is 0 Å². The molecule has 10 heteroatoms. The Morgan fingerprint density at radius 1 is 1.07 bits per heavy atom. The summed E-state index contributed by atoms with van der Waals surface area (Å²) in [5.41, 5.74) is -0.387. The number of nitrogens with one attached hydrogen (secondary N) is 1. The van der Waals surface area contributed by atoms with E-state index in [0.717, 1.165) is 12.5 Å². The average Bonchev–Trinajstić information content (AvgIpc) is 2.96. The number of carbonyl (C=O) groups excluding carboxylic acids is 1. The van der Waals surface area contributed by atoms with Crippen molar-refractivity contribution in [3.63, 3.8) is 0 Å². The summed E-state index contributed by atoms with van der Waals surface area (Å²) in [6.07, 6.45) is 1.62. The van der Waals surface area contributed by atoms with Crippen LogP contribution in [0.25, 0.3) is 0 Å². The fourth-order valence-electron chi connectivity index (χ4n) is 4.16. The molecule has 1 saturated heterocycles. The van der Waals surface area contributed by atoms with Crippen LogP contribution in [0.2, 0.25) is 5.02 Å². The van der Waals surface area contributed by atoms with E-state index >= 15 is 0 Å². The van der Waals surface area contributed by atoms with Gasteiger partial charge in [0.25, 0.3) is 5.91 Å². The van der Waals surface area contributed by atoms with E-state index in [-0.39, 0.29) is 27.1 Å². The van der Waals surface area contributed by atoms with Crippen molar-refractivity contribution in [2.24, 2.45) is 5.92 Å². The van der Waals surface area contributed by atoms with Crippen molar-refractivity contribution in [3.05, 3.63) is 58.4 Å². The van der Waals surface area contributed by atoms with E-state index in [1.807, 2.05) is 0 Å². The fourth-order valence-corrected chi connectivity index (χ4v) is 6.92. The molecular weight excluding hydrogens is 443 g/mol. The van der Waals surface area contributed by atoms with Gasteiger partial charge < -0.3 is 10.1 Å². The van der Waals surface area contributed by atoms with Gasteiger partial charge in [0.15, 0.2) is 27.3 Å². The van der Waals surface area contributed by atoms with Crippen LogP contribution in [0.4, 0.5) is 18.9 Å². The van der Waals surface area contributed by atoms with Gasteiger partial charge >= 0.3 is 0 Å². The predicted molar refractivity (Wildman–Crippen MR) is 104 cm³/mol. The average molecular weight is 460 g/mol. The summed E-state index contributed by atoms with van der Waals surface area (Å²) in [7, 11) is -3.88. The second-order valence-electron chi connectivity index (χ2n) is 7.40. The van der Waals surface area contributed by atoms with Crippen molar-refractivity contribution < 1.29 is 31.1 Å². The normalized spacial score (nSPS) is 23.4. The molecule has 0 aromatic heterocycles. The van der Waals surface area contributed by atoms with E-state index < -0.39 is 44.5 Å². The highest BCUT2D eigenvalue weighted by Crippen LogP contribution is 2.43. The van der Waals surface area contributed by atoms with Crippen molar-refractivity contribution in [1.29, 1.82) is 0 Å². The van der Waals surface area contributed by atoms with Crippen LogP contribution in [0.3, 0.4) is 0 Å². The molecule has 5 nitrogen and oxygen atoms in total. The highest BCUT2D eigenvalue weighted by molar-refractivity contribution is 7.92. The number of hydrogen-bond acceptors (Lipinski definition) is 4. The minimum atomic E-state index is -3.88. The molecule has 2 bridgehead atoms. The summed E-state index contributed by atoms with van der Waals surface area (Å²) in [6, 6.07) is 4.96. The molecule has 2 aromatic rings. The third kappa shape index (κ3) is 3.70. The first-order valence-electron chi connectivity index (χ1n) is 9.29. The van der Waals surface area contributed by atoms with Crippen LogP contribution in [0.1, 0.15) is 29.6 Å². The Morgan fingerprint density at radius 2 is 1.77 bits per heavy atom. The van der Waals surface area contributed by atoms with Crippen molar-refractivity contribution >= 4 is 33.0 Å². The van der Waals surface area contributed by atoms with Crippen LogP contribution in [-0.2, 0) is 14.6 Å². The second-order valence-corrected chi connectivity index (χ2v) is 9.88. The van der Waals surface area contributed by atoms with Gasteiger partial charge in [0.05, 0.1) is 21.3 Å². The first-order valence-corrected chi connectivity index (χ1v) is 11.2. The minimum absolute atomic E-state index is 0.0320. The zero-order chi connectivity index (χ0) is 21.6. The molecule has 0 radical (unpaired) electrons. The molecule has 0 spiro atoms. The van der Waals surface area contributed by atoms with Crippen LogP contribution in [0, 0.1) is 23.4 Å². The number of amides is 1. The molecule has 1 heterocycles. The lowest BCUT2D eigenvalue weighted by molar-refractivity contribution is 0.0286. The van der Waals surface area contributed by atoms with E-state index in [1.54, 1.807) is 0 Å². The maximum Gasteiger partial charge on any atom is 0.255 e. The van der Waals surface area contributed by atoms with E-state index in [2.05, 4.69) is 5.32 Å². The van der Waals surface area contributed by atoms with Gasteiger partial charge in [-0.2, -0.15) is 0 Å². The molecule has 2 unspecified atom stereocenters. The lowest BCUT2D eigenvalue weighted by Crippen LogP contribution is -2.40.